The number of phosphoric ester groups is 1. The third kappa shape index (κ3) is 68.6. The summed E-state index contributed by atoms with van der Waals surface area (Å²) in [5, 5.41) is 3.07. The number of nitrogens with zero attached hydrogens (tertiary/aromatic N) is 1. The molecule has 512 valence electrons. The first-order valence-corrected chi connectivity index (χ1v) is 38.4. The minimum atomic E-state index is -4.46. The fraction of sp³-hybridized carbons (Fsp3) is 0.722. The van der Waals surface area contributed by atoms with Crippen LogP contribution in [0.4, 0.5) is 0 Å². The second kappa shape index (κ2) is 67.3. The maximum absolute atomic E-state index is 13.6. The lowest BCUT2D eigenvalue weighted by Crippen LogP contribution is -2.47. The number of rotatable bonds is 66. The second-order valence-corrected chi connectivity index (χ2v) is 27.2. The van der Waals surface area contributed by atoms with Crippen molar-refractivity contribution in [3.05, 3.63) is 122 Å². The maximum Gasteiger partial charge on any atom is 0.472 e. The monoisotopic (exact) mass is 1260 g/mol. The highest BCUT2D eigenvalue weighted by atomic mass is 31.2. The van der Waals surface area contributed by atoms with E-state index in [-0.39, 0.29) is 31.5 Å². The number of likely N-dealkylation sites (N-methyl/N-ethyl adjacent to an activating group) is 1. The molecule has 3 atom stereocenters. The molecular formula is C79H140N2O7P+. The number of ether oxygens (including phenoxy) is 1. The van der Waals surface area contributed by atoms with Crippen molar-refractivity contribution in [2.45, 2.75) is 328 Å². The lowest BCUT2D eigenvalue weighted by Gasteiger charge is -2.27. The summed E-state index contributed by atoms with van der Waals surface area (Å²) in [6.45, 7) is 6.87. The smallest absolute Gasteiger partial charge is 0.456 e. The molecule has 0 bridgehead atoms. The van der Waals surface area contributed by atoms with Gasteiger partial charge in [-0.2, -0.15) is 0 Å². The van der Waals surface area contributed by atoms with Gasteiger partial charge in [0, 0.05) is 12.8 Å². The zero-order chi connectivity index (χ0) is 64.9. The Morgan fingerprint density at radius 3 is 1.10 bits per heavy atom. The lowest BCUT2D eigenvalue weighted by atomic mass is 10.0. The third-order valence-electron chi connectivity index (χ3n) is 15.9. The predicted molar refractivity (Wildman–Crippen MR) is 387 cm³/mol. The number of unbranched alkanes of at least 4 members (excludes halogenated alkanes) is 32. The molecular weight excluding hydrogens is 1120 g/mol. The van der Waals surface area contributed by atoms with Crippen molar-refractivity contribution in [2.75, 3.05) is 40.9 Å². The number of allylic oxidation sites excluding steroid dienone is 19. The summed E-state index contributed by atoms with van der Waals surface area (Å²) in [6.07, 6.45) is 95.0. The standard InChI is InChI=1S/C79H139N2O7P/c1-7-10-13-16-19-22-25-27-29-31-33-35-37-39-40-42-44-46-48-50-52-54-57-60-63-66-69-72-79(83)88-77(70-67-64-61-58-55-24-21-18-15-12-9-3)76(75-87-89(84,85)86-74-73-81(4,5)6)80-78(82)71-68-65-62-59-56-53-51-49-47-45-43-41-38-36-34-32-30-28-26-23-20-17-14-11-8-2/h10,13,19-20,22-23,27-30,33-36,39-41,43,67,70,76-77H,7-9,11-12,14-18,21,24-26,31-32,37-38,42,44-66,68-69,71-75H2,1-6H3,(H-,80,82,84,85)/p+1/b13-10-,22-19-,23-20-,29-27-,30-28-,35-33-,36-34-,40-39-,43-41-,70-67+. The van der Waals surface area contributed by atoms with Crippen molar-refractivity contribution in [2.24, 2.45) is 0 Å². The van der Waals surface area contributed by atoms with Crippen LogP contribution in [0.25, 0.3) is 0 Å². The summed E-state index contributed by atoms with van der Waals surface area (Å²) in [7, 11) is 1.48. The number of carbonyl (C=O) groups is 2. The molecule has 0 radical (unpaired) electrons. The van der Waals surface area contributed by atoms with E-state index in [9.17, 15) is 19.0 Å². The number of carbonyl (C=O) groups excluding carboxylic acids is 2. The summed E-state index contributed by atoms with van der Waals surface area (Å²) in [5.74, 6) is -0.515. The molecule has 0 aliphatic carbocycles. The van der Waals surface area contributed by atoms with Gasteiger partial charge in [0.1, 0.15) is 19.3 Å². The van der Waals surface area contributed by atoms with Crippen LogP contribution in [0.3, 0.4) is 0 Å². The quantitative estimate of drug-likeness (QED) is 0.0205. The van der Waals surface area contributed by atoms with E-state index in [1.807, 2.05) is 33.3 Å². The van der Waals surface area contributed by atoms with Gasteiger partial charge in [0.15, 0.2) is 0 Å². The highest BCUT2D eigenvalue weighted by Gasteiger charge is 2.30. The van der Waals surface area contributed by atoms with E-state index >= 15 is 0 Å². The average Bonchev–Trinajstić information content (AvgIpc) is 3.71. The Morgan fingerprint density at radius 2 is 0.719 bits per heavy atom. The van der Waals surface area contributed by atoms with Crippen LogP contribution in [0.15, 0.2) is 122 Å². The van der Waals surface area contributed by atoms with Gasteiger partial charge in [0.05, 0.1) is 33.8 Å². The molecule has 0 aromatic rings. The van der Waals surface area contributed by atoms with Gasteiger partial charge < -0.3 is 19.4 Å². The highest BCUT2D eigenvalue weighted by Crippen LogP contribution is 2.43. The van der Waals surface area contributed by atoms with Crippen molar-refractivity contribution < 1.29 is 37.3 Å². The first-order chi connectivity index (χ1) is 43.4. The van der Waals surface area contributed by atoms with E-state index in [2.05, 4.69) is 135 Å². The molecule has 2 N–H and O–H groups in total. The van der Waals surface area contributed by atoms with Crippen molar-refractivity contribution in [3.8, 4) is 0 Å². The molecule has 0 saturated heterocycles. The zero-order valence-corrected chi connectivity index (χ0v) is 59.5. The first-order valence-electron chi connectivity index (χ1n) is 36.9. The number of phosphoric acid groups is 1. The molecule has 3 unspecified atom stereocenters. The third-order valence-corrected chi connectivity index (χ3v) is 16.9. The Morgan fingerprint density at radius 1 is 0.404 bits per heavy atom. The number of hydrogen-bond acceptors (Lipinski definition) is 6. The van der Waals surface area contributed by atoms with Crippen LogP contribution >= 0.6 is 7.82 Å². The molecule has 0 rings (SSSR count). The first kappa shape index (κ1) is 85.4. The minimum Gasteiger partial charge on any atom is -0.456 e. The summed E-state index contributed by atoms with van der Waals surface area (Å²) in [4.78, 5) is 37.9. The molecule has 10 heteroatoms. The van der Waals surface area contributed by atoms with Gasteiger partial charge in [0.25, 0.3) is 0 Å². The Hall–Kier alpha value is -3.59. The van der Waals surface area contributed by atoms with Gasteiger partial charge >= 0.3 is 13.8 Å². The molecule has 0 aliphatic heterocycles. The maximum atomic E-state index is 13.6. The Balaban J connectivity index is 5.01. The summed E-state index contributed by atoms with van der Waals surface area (Å²) >= 11 is 0. The zero-order valence-electron chi connectivity index (χ0n) is 58.6. The van der Waals surface area contributed by atoms with Crippen molar-refractivity contribution in [1.82, 2.24) is 5.32 Å². The Labute approximate surface area is 550 Å². The van der Waals surface area contributed by atoms with Crippen LogP contribution in [0.1, 0.15) is 316 Å². The Bertz CT molecular complexity index is 1940. The summed E-state index contributed by atoms with van der Waals surface area (Å²) < 4.78 is 30.8. The minimum absolute atomic E-state index is 0.0333. The number of amides is 1. The fourth-order valence-electron chi connectivity index (χ4n) is 10.2. The van der Waals surface area contributed by atoms with Gasteiger partial charge in [-0.05, 0) is 122 Å². The van der Waals surface area contributed by atoms with Gasteiger partial charge in [-0.15, -0.1) is 0 Å². The molecule has 0 aromatic carbocycles. The van der Waals surface area contributed by atoms with Crippen LogP contribution in [0, 0.1) is 0 Å². The van der Waals surface area contributed by atoms with E-state index < -0.39 is 20.0 Å². The van der Waals surface area contributed by atoms with Crippen molar-refractivity contribution in [1.29, 1.82) is 0 Å². The van der Waals surface area contributed by atoms with Gasteiger partial charge in [-0.1, -0.05) is 303 Å². The number of nitrogens with one attached hydrogen (secondary N) is 1. The molecule has 9 nitrogen and oxygen atoms in total. The normalized spacial score (nSPS) is 14.2. The van der Waals surface area contributed by atoms with Crippen molar-refractivity contribution in [3.63, 3.8) is 0 Å². The molecule has 0 spiro atoms. The Kier molecular flexibility index (Phi) is 64.6. The molecule has 89 heavy (non-hydrogen) atoms. The van der Waals surface area contributed by atoms with E-state index in [4.69, 9.17) is 13.8 Å². The lowest BCUT2D eigenvalue weighted by molar-refractivity contribution is -0.870. The largest absolute Gasteiger partial charge is 0.472 e. The van der Waals surface area contributed by atoms with E-state index in [1.54, 1.807) is 0 Å². The molecule has 0 aromatic heterocycles. The number of hydrogen-bond donors (Lipinski definition) is 2. The van der Waals surface area contributed by atoms with Gasteiger partial charge in [0.2, 0.25) is 5.91 Å². The van der Waals surface area contributed by atoms with E-state index in [1.165, 1.54) is 161 Å². The van der Waals surface area contributed by atoms with Crippen LogP contribution in [0.5, 0.6) is 0 Å². The molecule has 0 fully saturated rings. The fourth-order valence-corrected chi connectivity index (χ4v) is 11.0. The van der Waals surface area contributed by atoms with Gasteiger partial charge in [-0.3, -0.25) is 18.6 Å². The van der Waals surface area contributed by atoms with Crippen LogP contribution < -0.4 is 5.32 Å². The predicted octanol–water partition coefficient (Wildman–Crippen LogP) is 23.8. The molecule has 0 heterocycles. The molecule has 0 saturated carbocycles. The number of esters is 1. The number of quaternary nitrogens is 1. The topological polar surface area (TPSA) is 111 Å². The van der Waals surface area contributed by atoms with Crippen LogP contribution in [0.2, 0.25) is 0 Å². The van der Waals surface area contributed by atoms with Crippen molar-refractivity contribution >= 4 is 19.7 Å². The summed E-state index contributed by atoms with van der Waals surface area (Å²) in [6, 6.07) is -0.861. The van der Waals surface area contributed by atoms with E-state index in [0.29, 0.717) is 17.4 Å². The highest BCUT2D eigenvalue weighted by molar-refractivity contribution is 7.47. The second-order valence-electron chi connectivity index (χ2n) is 25.7. The molecule has 0 aliphatic rings. The SMILES string of the molecule is CC/C=C\C/C=C\C/C=C\C/C=C\C/C=C\CCCCCCCCCCCCCC(=O)OC(/C=C/CCCCCCCCCCC)C(COP(=O)(O)OCC[N+](C)(C)C)NC(=O)CCCCCCCCCCC/C=C\C/C=C\C/C=C\C/C=C\CCCCC. The van der Waals surface area contributed by atoms with E-state index in [0.717, 1.165) is 122 Å². The van der Waals surface area contributed by atoms with Crippen LogP contribution in [-0.2, 0) is 27.9 Å². The molecule has 1 amide bonds. The average molecular weight is 1260 g/mol. The van der Waals surface area contributed by atoms with Gasteiger partial charge in [-0.25, -0.2) is 4.57 Å². The summed E-state index contributed by atoms with van der Waals surface area (Å²) in [5.41, 5.74) is 0. The van der Waals surface area contributed by atoms with Crippen LogP contribution in [-0.4, -0.2) is 74.3 Å².